The number of hydrogen-bond donors (Lipinski definition) is 1. The standard InChI is InChI=1S/C23H22Cl2N2O4S/c1-17-5-9-21(10-6-17)31-14-13-26-23(28)16-27(20-4-2-3-19(25)15-20)32(29,30)22-11-7-18(24)8-12-22/h2-12,15H,13-14,16H2,1H3,(H,26,28). The van der Waals surface area contributed by atoms with E-state index >= 15 is 0 Å². The number of hydrogen-bond acceptors (Lipinski definition) is 4. The number of amides is 1. The molecule has 6 nitrogen and oxygen atoms in total. The first-order chi connectivity index (χ1) is 15.3. The van der Waals surface area contributed by atoms with Crippen molar-refractivity contribution in [2.75, 3.05) is 24.0 Å². The van der Waals surface area contributed by atoms with Crippen molar-refractivity contribution in [3.63, 3.8) is 0 Å². The molecule has 0 aliphatic rings. The van der Waals surface area contributed by atoms with Gasteiger partial charge in [-0.3, -0.25) is 9.10 Å². The number of ether oxygens (including phenoxy) is 1. The lowest BCUT2D eigenvalue weighted by molar-refractivity contribution is -0.119. The highest BCUT2D eigenvalue weighted by molar-refractivity contribution is 7.92. The fourth-order valence-corrected chi connectivity index (χ4v) is 4.58. The lowest BCUT2D eigenvalue weighted by Crippen LogP contribution is -2.41. The number of nitrogens with zero attached hydrogens (tertiary/aromatic N) is 1. The Morgan fingerprint density at radius 1 is 0.969 bits per heavy atom. The molecular formula is C23H22Cl2N2O4S. The largest absolute Gasteiger partial charge is 0.492 e. The smallest absolute Gasteiger partial charge is 0.264 e. The van der Waals surface area contributed by atoms with Gasteiger partial charge in [0, 0.05) is 10.0 Å². The Bertz CT molecular complexity index is 1170. The minimum atomic E-state index is -4.04. The van der Waals surface area contributed by atoms with E-state index in [2.05, 4.69) is 5.32 Å². The van der Waals surface area contributed by atoms with Crippen LogP contribution in [0.5, 0.6) is 5.75 Å². The normalized spacial score (nSPS) is 11.1. The summed E-state index contributed by atoms with van der Waals surface area (Å²) in [5.74, 6) is 0.214. The number of benzene rings is 3. The SMILES string of the molecule is Cc1ccc(OCCNC(=O)CN(c2cccc(Cl)c2)S(=O)(=O)c2ccc(Cl)cc2)cc1. The van der Waals surface area contributed by atoms with Crippen molar-refractivity contribution in [3.05, 3.63) is 88.4 Å². The predicted molar refractivity (Wildman–Crippen MR) is 127 cm³/mol. The zero-order valence-electron chi connectivity index (χ0n) is 17.3. The first kappa shape index (κ1) is 23.9. The summed E-state index contributed by atoms with van der Waals surface area (Å²) in [6.45, 7) is 2.02. The fourth-order valence-electron chi connectivity index (χ4n) is 2.86. The number of halogens is 2. The molecule has 0 fully saturated rings. The number of nitrogens with one attached hydrogen (secondary N) is 1. The van der Waals surface area contributed by atoms with E-state index < -0.39 is 22.5 Å². The maximum absolute atomic E-state index is 13.3. The van der Waals surface area contributed by atoms with E-state index in [-0.39, 0.29) is 23.7 Å². The third-order valence-electron chi connectivity index (χ3n) is 4.50. The van der Waals surface area contributed by atoms with E-state index in [4.69, 9.17) is 27.9 Å². The summed E-state index contributed by atoms with van der Waals surface area (Å²) in [5.41, 5.74) is 1.40. The van der Waals surface area contributed by atoms with Crippen molar-refractivity contribution in [3.8, 4) is 5.75 Å². The first-order valence-corrected chi connectivity index (χ1v) is 12.0. The molecule has 0 unspecified atom stereocenters. The van der Waals surface area contributed by atoms with Crippen LogP contribution in [0.25, 0.3) is 0 Å². The Balaban J connectivity index is 1.70. The molecule has 1 amide bonds. The Kier molecular flexibility index (Phi) is 8.01. The Labute approximate surface area is 197 Å². The molecule has 3 aromatic carbocycles. The van der Waals surface area contributed by atoms with Crippen molar-refractivity contribution in [2.24, 2.45) is 0 Å². The first-order valence-electron chi connectivity index (χ1n) is 9.76. The minimum absolute atomic E-state index is 0.0115. The molecule has 0 bridgehead atoms. The third kappa shape index (κ3) is 6.38. The van der Waals surface area contributed by atoms with Crippen molar-refractivity contribution in [1.82, 2.24) is 5.32 Å². The van der Waals surface area contributed by atoms with Gasteiger partial charge in [0.2, 0.25) is 5.91 Å². The third-order valence-corrected chi connectivity index (χ3v) is 6.77. The summed E-state index contributed by atoms with van der Waals surface area (Å²) in [5, 5.41) is 3.45. The van der Waals surface area contributed by atoms with Crippen LogP contribution in [0.4, 0.5) is 5.69 Å². The second-order valence-electron chi connectivity index (χ2n) is 6.96. The van der Waals surface area contributed by atoms with Crippen molar-refractivity contribution < 1.29 is 17.9 Å². The summed E-state index contributed by atoms with van der Waals surface area (Å²) in [6, 6.07) is 19.6. The molecule has 9 heteroatoms. The molecule has 0 aromatic heterocycles. The van der Waals surface area contributed by atoms with Gasteiger partial charge < -0.3 is 10.1 Å². The molecule has 0 spiro atoms. The van der Waals surface area contributed by atoms with Crippen LogP contribution in [0, 0.1) is 6.92 Å². The molecule has 168 valence electrons. The second-order valence-corrected chi connectivity index (χ2v) is 9.69. The minimum Gasteiger partial charge on any atom is -0.492 e. The molecule has 1 N–H and O–H groups in total. The highest BCUT2D eigenvalue weighted by atomic mass is 35.5. The average molecular weight is 493 g/mol. The van der Waals surface area contributed by atoms with Crippen molar-refractivity contribution in [2.45, 2.75) is 11.8 Å². The molecule has 0 saturated carbocycles. The molecule has 3 aromatic rings. The number of aryl methyl sites for hydroxylation is 1. The molecule has 3 rings (SSSR count). The van der Waals surface area contributed by atoms with Gasteiger partial charge in [-0.15, -0.1) is 0 Å². The number of rotatable bonds is 9. The van der Waals surface area contributed by atoms with E-state index in [1.807, 2.05) is 31.2 Å². The summed E-state index contributed by atoms with van der Waals surface area (Å²) in [7, 11) is -4.04. The molecule has 0 radical (unpaired) electrons. The van der Waals surface area contributed by atoms with Crippen LogP contribution in [0.1, 0.15) is 5.56 Å². The Morgan fingerprint density at radius 2 is 1.66 bits per heavy atom. The zero-order chi connectivity index (χ0) is 23.1. The van der Waals surface area contributed by atoms with Crippen LogP contribution in [0.15, 0.2) is 77.7 Å². The molecule has 0 aliphatic carbocycles. The molecule has 0 atom stereocenters. The summed E-state index contributed by atoms with van der Waals surface area (Å²) < 4.78 is 33.1. The number of sulfonamides is 1. The van der Waals surface area contributed by atoms with E-state index in [1.165, 1.54) is 30.3 Å². The van der Waals surface area contributed by atoms with Crippen LogP contribution in [-0.4, -0.2) is 34.0 Å². The van der Waals surface area contributed by atoms with E-state index in [9.17, 15) is 13.2 Å². The van der Waals surface area contributed by atoms with Gasteiger partial charge in [0.05, 0.1) is 17.1 Å². The second kappa shape index (κ2) is 10.7. The van der Waals surface area contributed by atoms with Crippen LogP contribution < -0.4 is 14.4 Å². The lowest BCUT2D eigenvalue weighted by atomic mass is 10.2. The highest BCUT2D eigenvalue weighted by Crippen LogP contribution is 2.26. The molecule has 32 heavy (non-hydrogen) atoms. The van der Waals surface area contributed by atoms with E-state index in [0.717, 1.165) is 9.87 Å². The maximum atomic E-state index is 13.3. The van der Waals surface area contributed by atoms with E-state index in [0.29, 0.717) is 15.8 Å². The van der Waals surface area contributed by atoms with Gasteiger partial charge >= 0.3 is 0 Å². The molecular weight excluding hydrogens is 471 g/mol. The van der Waals surface area contributed by atoms with Gasteiger partial charge in [-0.1, -0.05) is 47.0 Å². The molecule has 0 aliphatic heterocycles. The van der Waals surface area contributed by atoms with Crippen LogP contribution >= 0.6 is 23.2 Å². The quantitative estimate of drug-likeness (QED) is 0.439. The maximum Gasteiger partial charge on any atom is 0.264 e. The van der Waals surface area contributed by atoms with Crippen LogP contribution in [0.3, 0.4) is 0 Å². The summed E-state index contributed by atoms with van der Waals surface area (Å²) >= 11 is 11.9. The molecule has 0 saturated heterocycles. The lowest BCUT2D eigenvalue weighted by Gasteiger charge is -2.24. The fraction of sp³-hybridized carbons (Fsp3) is 0.174. The Morgan fingerprint density at radius 3 is 2.31 bits per heavy atom. The monoisotopic (exact) mass is 492 g/mol. The zero-order valence-corrected chi connectivity index (χ0v) is 19.6. The summed E-state index contributed by atoms with van der Waals surface area (Å²) in [4.78, 5) is 12.6. The van der Waals surface area contributed by atoms with Crippen LogP contribution in [0.2, 0.25) is 10.0 Å². The van der Waals surface area contributed by atoms with Gasteiger partial charge in [0.15, 0.2) is 0 Å². The van der Waals surface area contributed by atoms with Crippen LogP contribution in [-0.2, 0) is 14.8 Å². The predicted octanol–water partition coefficient (Wildman–Crippen LogP) is 4.69. The van der Waals surface area contributed by atoms with Crippen molar-refractivity contribution in [1.29, 1.82) is 0 Å². The van der Waals surface area contributed by atoms with Gasteiger partial charge in [0.1, 0.15) is 18.9 Å². The highest BCUT2D eigenvalue weighted by Gasteiger charge is 2.27. The number of anilines is 1. The van der Waals surface area contributed by atoms with Gasteiger partial charge in [-0.05, 0) is 61.5 Å². The average Bonchev–Trinajstić information content (AvgIpc) is 2.76. The van der Waals surface area contributed by atoms with Gasteiger partial charge in [0.25, 0.3) is 10.0 Å². The van der Waals surface area contributed by atoms with Crippen molar-refractivity contribution >= 4 is 44.8 Å². The number of carbonyl (C=O) groups is 1. The number of carbonyl (C=O) groups excluding carboxylic acids is 1. The Hall–Kier alpha value is -2.74. The molecule has 0 heterocycles. The van der Waals surface area contributed by atoms with Gasteiger partial charge in [-0.2, -0.15) is 0 Å². The van der Waals surface area contributed by atoms with Gasteiger partial charge in [-0.25, -0.2) is 8.42 Å². The van der Waals surface area contributed by atoms with E-state index in [1.54, 1.807) is 18.2 Å². The topological polar surface area (TPSA) is 75.7 Å². The summed E-state index contributed by atoms with van der Waals surface area (Å²) in [6.07, 6.45) is 0.